The highest BCUT2D eigenvalue weighted by Crippen LogP contribution is 2.45. The Morgan fingerprint density at radius 1 is 0.964 bits per heavy atom. The molecular weight excluding hydrogens is 720 g/mol. The molecule has 0 spiro atoms. The number of amides is 2. The summed E-state index contributed by atoms with van der Waals surface area (Å²) in [4.78, 5) is 38.5. The van der Waals surface area contributed by atoms with E-state index < -0.39 is 36.0 Å². The highest BCUT2D eigenvalue weighted by atomic mass is 16.8. The molecule has 0 saturated carbocycles. The average Bonchev–Trinajstić information content (AvgIpc) is 3.14. The van der Waals surface area contributed by atoms with Crippen molar-refractivity contribution in [3.63, 3.8) is 0 Å². The number of rotatable bonds is 17. The summed E-state index contributed by atoms with van der Waals surface area (Å²) in [7, 11) is 2.89. The Kier molecular flexibility index (Phi) is 14.8. The molecule has 56 heavy (non-hydrogen) atoms. The van der Waals surface area contributed by atoms with Gasteiger partial charge in [-0.05, 0) is 117 Å². The fraction of sp³-hybridized carbons (Fsp3) is 0.512. The molecule has 0 saturated heterocycles. The number of hydrogen-bond acceptors (Lipinski definition) is 10. The van der Waals surface area contributed by atoms with Gasteiger partial charge in [-0.1, -0.05) is 32.9 Å². The number of nitrogens with zero attached hydrogens (tertiary/aromatic N) is 1. The van der Waals surface area contributed by atoms with Crippen molar-refractivity contribution in [2.45, 2.75) is 105 Å². The van der Waals surface area contributed by atoms with Crippen molar-refractivity contribution in [1.29, 1.82) is 0 Å². The number of nitrogens with one attached hydrogen (secondary N) is 1. The van der Waals surface area contributed by atoms with E-state index in [1.165, 1.54) is 42.5 Å². The van der Waals surface area contributed by atoms with Crippen molar-refractivity contribution in [1.82, 2.24) is 0 Å². The zero-order valence-corrected chi connectivity index (χ0v) is 34.6. The first-order valence-electron chi connectivity index (χ1n) is 18.9. The minimum Gasteiger partial charge on any atom is -0.484 e. The second kappa shape index (κ2) is 18.9. The van der Waals surface area contributed by atoms with Crippen molar-refractivity contribution in [2.75, 3.05) is 51.0 Å². The third-order valence-electron chi connectivity index (χ3n) is 9.94. The lowest BCUT2D eigenvalue weighted by atomic mass is 9.76. The van der Waals surface area contributed by atoms with Crippen LogP contribution in [-0.2, 0) is 46.8 Å². The van der Waals surface area contributed by atoms with Crippen molar-refractivity contribution >= 4 is 29.3 Å². The van der Waals surface area contributed by atoms with Crippen LogP contribution in [0.1, 0.15) is 81.3 Å². The molecule has 1 aliphatic heterocycles. The van der Waals surface area contributed by atoms with E-state index in [0.717, 1.165) is 28.2 Å². The van der Waals surface area contributed by atoms with E-state index in [2.05, 4.69) is 46.9 Å². The van der Waals surface area contributed by atoms with Gasteiger partial charge in [-0.2, -0.15) is 0 Å². The standard InChI is InChI=1S/C43H58N2O11/c1-12-51-35(39(47)52-13-2)22-29-14-16-30(17-15-29)53-24-36(46)44-33-19-18-31(23-34(33)45(10)41(48)49)55-40(54-25-50-11)43(9)21-20-32-28(5)37(42(6,7)8)26(3)27(4)38(32)56-43/h14-19,23,35,40H,12-13,20-22,24-25H2,1-11H3,(H,44,46)(H,48,49). The lowest BCUT2D eigenvalue weighted by Crippen LogP contribution is -2.52. The number of carboxylic acid groups (broad SMARTS) is 1. The van der Waals surface area contributed by atoms with Crippen molar-refractivity contribution in [3.05, 3.63) is 75.8 Å². The molecule has 3 aromatic carbocycles. The monoisotopic (exact) mass is 778 g/mol. The number of methoxy groups -OCH3 is 1. The summed E-state index contributed by atoms with van der Waals surface area (Å²) in [5.74, 6) is 0.605. The van der Waals surface area contributed by atoms with E-state index >= 15 is 0 Å². The van der Waals surface area contributed by atoms with Crippen LogP contribution in [0.5, 0.6) is 17.2 Å². The highest BCUT2D eigenvalue weighted by Gasteiger charge is 2.44. The molecule has 2 amide bonds. The maximum Gasteiger partial charge on any atom is 0.411 e. The van der Waals surface area contributed by atoms with E-state index in [-0.39, 0.29) is 36.8 Å². The van der Waals surface area contributed by atoms with Gasteiger partial charge >= 0.3 is 12.1 Å². The van der Waals surface area contributed by atoms with Gasteiger partial charge in [0.15, 0.2) is 25.1 Å². The quantitative estimate of drug-likeness (QED) is 0.103. The summed E-state index contributed by atoms with van der Waals surface area (Å²) >= 11 is 0. The molecule has 13 nitrogen and oxygen atoms in total. The molecular formula is C43H58N2O11. The van der Waals surface area contributed by atoms with E-state index in [9.17, 15) is 19.5 Å². The molecule has 3 aromatic rings. The van der Waals surface area contributed by atoms with Gasteiger partial charge < -0.3 is 43.6 Å². The predicted molar refractivity (Wildman–Crippen MR) is 213 cm³/mol. The van der Waals surface area contributed by atoms with Crippen LogP contribution < -0.4 is 24.4 Å². The van der Waals surface area contributed by atoms with Gasteiger partial charge in [0, 0.05) is 33.3 Å². The number of hydrogen-bond donors (Lipinski definition) is 2. The highest BCUT2D eigenvalue weighted by molar-refractivity contribution is 5.99. The predicted octanol–water partition coefficient (Wildman–Crippen LogP) is 7.66. The van der Waals surface area contributed by atoms with Gasteiger partial charge in [0.25, 0.3) is 5.91 Å². The van der Waals surface area contributed by atoms with E-state index in [1.807, 2.05) is 13.8 Å². The molecule has 1 heterocycles. The first-order valence-corrected chi connectivity index (χ1v) is 18.9. The van der Waals surface area contributed by atoms with Crippen LogP contribution in [0.25, 0.3) is 0 Å². The molecule has 0 aliphatic carbocycles. The van der Waals surface area contributed by atoms with Crippen molar-refractivity contribution in [3.8, 4) is 17.2 Å². The Balaban J connectivity index is 1.51. The molecule has 0 fully saturated rings. The number of carbonyl (C=O) groups excluding carboxylic acids is 2. The van der Waals surface area contributed by atoms with Crippen LogP contribution in [0.4, 0.5) is 16.2 Å². The molecule has 0 aromatic heterocycles. The second-order valence-electron chi connectivity index (χ2n) is 15.1. The lowest BCUT2D eigenvalue weighted by molar-refractivity contribution is -0.220. The Morgan fingerprint density at radius 3 is 2.25 bits per heavy atom. The molecule has 3 unspecified atom stereocenters. The summed E-state index contributed by atoms with van der Waals surface area (Å²) in [5, 5.41) is 12.7. The normalized spacial score (nSPS) is 16.2. The third-order valence-corrected chi connectivity index (χ3v) is 9.94. The van der Waals surface area contributed by atoms with Gasteiger partial charge in [-0.25, -0.2) is 9.59 Å². The van der Waals surface area contributed by atoms with Gasteiger partial charge in [0.05, 0.1) is 18.0 Å². The van der Waals surface area contributed by atoms with Crippen LogP contribution in [0.3, 0.4) is 0 Å². The minimum atomic E-state index is -1.24. The number of carbonyl (C=O) groups is 3. The topological polar surface area (TPSA) is 151 Å². The van der Waals surface area contributed by atoms with Crippen LogP contribution in [0, 0.1) is 20.8 Å². The number of benzene rings is 3. The smallest absolute Gasteiger partial charge is 0.411 e. The summed E-state index contributed by atoms with van der Waals surface area (Å²) in [5.41, 5.74) is 6.25. The lowest BCUT2D eigenvalue weighted by Gasteiger charge is -2.42. The van der Waals surface area contributed by atoms with Crippen molar-refractivity contribution < 1.29 is 52.6 Å². The van der Waals surface area contributed by atoms with Crippen LogP contribution in [0.2, 0.25) is 0 Å². The molecule has 13 heteroatoms. The maximum absolute atomic E-state index is 13.1. The number of fused-ring (bicyclic) bond motifs is 1. The van der Waals surface area contributed by atoms with Gasteiger partial charge in [0.1, 0.15) is 17.2 Å². The molecule has 3 atom stereocenters. The minimum absolute atomic E-state index is 0.0309. The molecule has 0 bridgehead atoms. The largest absolute Gasteiger partial charge is 0.484 e. The summed E-state index contributed by atoms with van der Waals surface area (Å²) in [6, 6.07) is 11.7. The Labute approximate surface area is 330 Å². The maximum atomic E-state index is 13.1. The fourth-order valence-corrected chi connectivity index (χ4v) is 7.15. The second-order valence-corrected chi connectivity index (χ2v) is 15.1. The molecule has 4 rings (SSSR count). The Bertz CT molecular complexity index is 1850. The zero-order valence-electron chi connectivity index (χ0n) is 34.6. The average molecular weight is 779 g/mol. The summed E-state index contributed by atoms with van der Waals surface area (Å²) in [6.45, 7) is 18.7. The number of ether oxygens (including phenoxy) is 7. The van der Waals surface area contributed by atoms with Gasteiger partial charge in [-0.15, -0.1) is 0 Å². The summed E-state index contributed by atoms with van der Waals surface area (Å²) < 4.78 is 41.0. The zero-order chi connectivity index (χ0) is 41.4. The molecule has 0 radical (unpaired) electrons. The first-order chi connectivity index (χ1) is 26.4. The number of esters is 1. The van der Waals surface area contributed by atoms with Gasteiger partial charge in [-0.3, -0.25) is 9.69 Å². The van der Waals surface area contributed by atoms with E-state index in [4.69, 9.17) is 33.2 Å². The molecule has 1 aliphatic rings. The first kappa shape index (κ1) is 43.9. The van der Waals surface area contributed by atoms with E-state index in [0.29, 0.717) is 30.9 Å². The van der Waals surface area contributed by atoms with Crippen LogP contribution >= 0.6 is 0 Å². The fourth-order valence-electron chi connectivity index (χ4n) is 7.15. The summed E-state index contributed by atoms with van der Waals surface area (Å²) in [6.07, 6.45) is -1.27. The third kappa shape index (κ3) is 10.5. The molecule has 306 valence electrons. The number of anilines is 2. The Hall–Kier alpha value is -4.85. The van der Waals surface area contributed by atoms with Crippen molar-refractivity contribution in [2.24, 2.45) is 0 Å². The molecule has 2 N–H and O–H groups in total. The van der Waals surface area contributed by atoms with Gasteiger partial charge in [0.2, 0.25) is 6.29 Å². The Morgan fingerprint density at radius 2 is 1.64 bits per heavy atom. The van der Waals surface area contributed by atoms with Crippen LogP contribution in [0.15, 0.2) is 42.5 Å². The SMILES string of the molecule is CCOC(=O)C(Cc1ccc(OCC(=O)Nc2ccc(OC(OCOC)C3(C)CCc4c(C)c(C(C)(C)C)c(C)c(C)c4O3)cc2N(C)C(=O)O)cc1)OCC. The van der Waals surface area contributed by atoms with Crippen LogP contribution in [-0.4, -0.2) is 81.8 Å². The van der Waals surface area contributed by atoms with E-state index in [1.54, 1.807) is 43.3 Å².